The maximum absolute atomic E-state index is 8.09. The highest BCUT2D eigenvalue weighted by atomic mass is 16.5. The van der Waals surface area contributed by atoms with Gasteiger partial charge in [-0.1, -0.05) is 0 Å². The largest absolute Gasteiger partial charge is 0.394 e. The summed E-state index contributed by atoms with van der Waals surface area (Å²) in [6.45, 7) is 2.22. The van der Waals surface area contributed by atoms with Crippen LogP contribution in [0.1, 0.15) is 6.92 Å². The van der Waals surface area contributed by atoms with Gasteiger partial charge in [-0.3, -0.25) is 5.41 Å². The van der Waals surface area contributed by atoms with Crippen molar-refractivity contribution >= 4 is 5.84 Å². The van der Waals surface area contributed by atoms with E-state index in [0.717, 1.165) is 0 Å². The van der Waals surface area contributed by atoms with Gasteiger partial charge in [-0.05, 0) is 6.92 Å². The third kappa shape index (κ3) is 45.0. The number of aliphatic hydroxyl groups is 2. The lowest BCUT2D eigenvalue weighted by Crippen LogP contribution is -2.03. The summed E-state index contributed by atoms with van der Waals surface area (Å²) >= 11 is 0. The number of ether oxygens (including phenoxy) is 1. The van der Waals surface area contributed by atoms with Crippen LogP contribution in [0.3, 0.4) is 0 Å². The minimum atomic E-state index is 0.0278. The number of rotatable bonds is 4. The summed E-state index contributed by atoms with van der Waals surface area (Å²) in [6.07, 6.45) is 0. The van der Waals surface area contributed by atoms with Crippen LogP contribution in [0, 0.1) is 5.41 Å². The van der Waals surface area contributed by atoms with Crippen LogP contribution < -0.4 is 5.73 Å². The first kappa shape index (κ1) is 13.0. The normalized spacial score (nSPS) is 8.27. The van der Waals surface area contributed by atoms with Crippen molar-refractivity contribution in [2.45, 2.75) is 6.92 Å². The third-order valence-electron chi connectivity index (χ3n) is 0.471. The second-order valence-corrected chi connectivity index (χ2v) is 1.74. The molecule has 5 heteroatoms. The number of hydrogen-bond acceptors (Lipinski definition) is 4. The van der Waals surface area contributed by atoms with Gasteiger partial charge >= 0.3 is 0 Å². The quantitative estimate of drug-likeness (QED) is 0.241. The molecule has 0 aliphatic carbocycles. The summed E-state index contributed by atoms with van der Waals surface area (Å²) < 4.78 is 4.63. The fraction of sp³-hybridized carbons (Fsp3) is 0.833. The predicted molar refractivity (Wildman–Crippen MR) is 42.6 cm³/mol. The smallest absolute Gasteiger partial charge is 0.0873 e. The molecular weight excluding hydrogens is 148 g/mol. The van der Waals surface area contributed by atoms with Gasteiger partial charge in [0.2, 0.25) is 0 Å². The second-order valence-electron chi connectivity index (χ2n) is 1.74. The molecule has 0 spiro atoms. The topological polar surface area (TPSA) is 99.6 Å². The first-order valence-electron chi connectivity index (χ1n) is 3.25. The van der Waals surface area contributed by atoms with E-state index in [0.29, 0.717) is 13.2 Å². The van der Waals surface area contributed by atoms with Gasteiger partial charge in [0.1, 0.15) is 0 Å². The number of nitrogens with two attached hydrogens (primary N) is 1. The van der Waals surface area contributed by atoms with Crippen molar-refractivity contribution in [3.8, 4) is 0 Å². The molecule has 0 saturated carbocycles. The molecule has 0 amide bonds. The van der Waals surface area contributed by atoms with E-state index in [9.17, 15) is 0 Å². The minimum absolute atomic E-state index is 0.0278. The number of hydrogen-bond donors (Lipinski definition) is 4. The van der Waals surface area contributed by atoms with Crippen molar-refractivity contribution in [1.29, 1.82) is 5.41 Å². The van der Waals surface area contributed by atoms with Gasteiger partial charge in [0, 0.05) is 0 Å². The highest BCUT2D eigenvalue weighted by Gasteiger charge is 1.79. The minimum Gasteiger partial charge on any atom is -0.394 e. The van der Waals surface area contributed by atoms with Crippen molar-refractivity contribution in [3.63, 3.8) is 0 Å². The van der Waals surface area contributed by atoms with Crippen molar-refractivity contribution in [3.05, 3.63) is 0 Å². The first-order chi connectivity index (χ1) is 5.15. The molecule has 0 aliphatic heterocycles. The lowest BCUT2D eigenvalue weighted by atomic mass is 10.7. The highest BCUT2D eigenvalue weighted by Crippen LogP contribution is 1.68. The summed E-state index contributed by atoms with van der Waals surface area (Å²) in [7, 11) is 0. The van der Waals surface area contributed by atoms with Crippen molar-refractivity contribution in [2.24, 2.45) is 5.73 Å². The Kier molecular flexibility index (Phi) is 14.2. The molecule has 0 fully saturated rings. The fourth-order valence-electron chi connectivity index (χ4n) is 0.231. The molecule has 0 aliphatic rings. The molecule has 0 atom stereocenters. The Morgan fingerprint density at radius 1 is 1.36 bits per heavy atom. The standard InChI is InChI=1S/C4H10O3.C2H6N2/c5-1-3-7-4-2-6;1-2(3)4/h5-6H,1-4H2;1H3,(H3,3,4). The lowest BCUT2D eigenvalue weighted by Gasteiger charge is -1.94. The number of amidine groups is 1. The van der Waals surface area contributed by atoms with E-state index in [1.54, 1.807) is 0 Å². The molecule has 0 saturated heterocycles. The van der Waals surface area contributed by atoms with Crippen LogP contribution in [0.15, 0.2) is 0 Å². The molecule has 0 aromatic heterocycles. The van der Waals surface area contributed by atoms with E-state index in [4.69, 9.17) is 21.4 Å². The average Bonchev–Trinajstić information content (AvgIpc) is 1.88. The van der Waals surface area contributed by atoms with Gasteiger partial charge in [-0.25, -0.2) is 0 Å². The molecule has 0 aromatic carbocycles. The second kappa shape index (κ2) is 12.1. The predicted octanol–water partition coefficient (Wildman–Crippen LogP) is -1.07. The van der Waals surface area contributed by atoms with Gasteiger partial charge in [-0.2, -0.15) is 0 Å². The van der Waals surface area contributed by atoms with E-state index in [2.05, 4.69) is 4.74 Å². The molecule has 5 nitrogen and oxygen atoms in total. The highest BCUT2D eigenvalue weighted by molar-refractivity contribution is 5.73. The van der Waals surface area contributed by atoms with Crippen molar-refractivity contribution < 1.29 is 14.9 Å². The summed E-state index contributed by atoms with van der Waals surface area (Å²) in [5.41, 5.74) is 4.69. The van der Waals surface area contributed by atoms with Gasteiger partial charge < -0.3 is 20.7 Å². The van der Waals surface area contributed by atoms with E-state index < -0.39 is 0 Å². The van der Waals surface area contributed by atoms with Crippen LogP contribution in [0.25, 0.3) is 0 Å². The maximum Gasteiger partial charge on any atom is 0.0873 e. The van der Waals surface area contributed by atoms with Gasteiger partial charge in [0.05, 0.1) is 32.3 Å². The lowest BCUT2D eigenvalue weighted by molar-refractivity contribution is 0.0650. The summed E-state index contributed by atoms with van der Waals surface area (Å²) in [5.74, 6) is 0.167. The van der Waals surface area contributed by atoms with Crippen molar-refractivity contribution in [2.75, 3.05) is 26.4 Å². The third-order valence-corrected chi connectivity index (χ3v) is 0.471. The van der Waals surface area contributed by atoms with Gasteiger partial charge in [-0.15, -0.1) is 0 Å². The van der Waals surface area contributed by atoms with Crippen LogP contribution >= 0.6 is 0 Å². The molecular formula is C6H16N2O3. The van der Waals surface area contributed by atoms with Crippen LogP contribution in [0.5, 0.6) is 0 Å². The monoisotopic (exact) mass is 164 g/mol. The molecule has 5 N–H and O–H groups in total. The maximum atomic E-state index is 8.09. The average molecular weight is 164 g/mol. The molecule has 0 bridgehead atoms. The van der Waals surface area contributed by atoms with Crippen LogP contribution in [-0.2, 0) is 4.74 Å². The van der Waals surface area contributed by atoms with Crippen LogP contribution in [0.2, 0.25) is 0 Å². The Labute approximate surface area is 66.3 Å². The number of nitrogens with one attached hydrogen (secondary N) is 1. The van der Waals surface area contributed by atoms with Crippen molar-refractivity contribution in [1.82, 2.24) is 0 Å². The number of aliphatic hydroxyl groups excluding tert-OH is 2. The summed E-state index contributed by atoms with van der Waals surface area (Å²) in [5, 5.41) is 22.5. The van der Waals surface area contributed by atoms with E-state index in [-0.39, 0.29) is 19.0 Å². The Bertz CT molecular complexity index is 79.9. The van der Waals surface area contributed by atoms with Crippen LogP contribution in [0.4, 0.5) is 0 Å². The Balaban J connectivity index is 0. The van der Waals surface area contributed by atoms with Gasteiger partial charge in [0.25, 0.3) is 0 Å². The Morgan fingerprint density at radius 2 is 1.64 bits per heavy atom. The zero-order valence-corrected chi connectivity index (χ0v) is 6.71. The molecule has 0 radical (unpaired) electrons. The molecule has 11 heavy (non-hydrogen) atoms. The zero-order chi connectivity index (χ0) is 9.11. The van der Waals surface area contributed by atoms with Gasteiger partial charge in [0.15, 0.2) is 0 Å². The van der Waals surface area contributed by atoms with E-state index in [1.165, 1.54) is 6.92 Å². The summed E-state index contributed by atoms with van der Waals surface area (Å²) in [6, 6.07) is 0. The SMILES string of the molecule is CC(=N)N.OCCOCCO. The molecule has 0 rings (SSSR count). The Morgan fingerprint density at radius 3 is 1.82 bits per heavy atom. The fourth-order valence-corrected chi connectivity index (χ4v) is 0.231. The van der Waals surface area contributed by atoms with E-state index >= 15 is 0 Å². The van der Waals surface area contributed by atoms with Crippen LogP contribution in [-0.4, -0.2) is 42.5 Å². The summed E-state index contributed by atoms with van der Waals surface area (Å²) in [4.78, 5) is 0. The molecule has 0 aromatic rings. The molecule has 68 valence electrons. The molecule has 0 unspecified atom stereocenters. The van der Waals surface area contributed by atoms with E-state index in [1.807, 2.05) is 0 Å². The zero-order valence-electron chi connectivity index (χ0n) is 6.71. The molecule has 0 heterocycles. The Hall–Kier alpha value is -0.650. The first-order valence-corrected chi connectivity index (χ1v) is 3.25.